The highest BCUT2D eigenvalue weighted by Crippen LogP contribution is 2.41. The molecule has 0 radical (unpaired) electrons. The summed E-state index contributed by atoms with van der Waals surface area (Å²) in [4.78, 5) is 13.3. The lowest BCUT2D eigenvalue weighted by atomic mass is 9.93. The highest BCUT2D eigenvalue weighted by Gasteiger charge is 2.37. The van der Waals surface area contributed by atoms with Gasteiger partial charge in [-0.05, 0) is 42.3 Å². The molecular formula is C26H24N4O3S. The first-order valence-corrected chi connectivity index (χ1v) is 12.9. The molecule has 1 atom stereocenters. The van der Waals surface area contributed by atoms with Crippen molar-refractivity contribution in [3.05, 3.63) is 89.7 Å². The number of anilines is 1. The molecule has 3 aromatic carbocycles. The Hall–Kier alpha value is -3.65. The van der Waals surface area contributed by atoms with Crippen LogP contribution in [0.3, 0.4) is 0 Å². The molecule has 2 heterocycles. The van der Waals surface area contributed by atoms with Crippen molar-refractivity contribution in [2.24, 2.45) is 0 Å². The zero-order valence-electron chi connectivity index (χ0n) is 18.5. The van der Waals surface area contributed by atoms with E-state index in [0.29, 0.717) is 17.6 Å². The van der Waals surface area contributed by atoms with Crippen LogP contribution in [0.15, 0.2) is 77.8 Å². The van der Waals surface area contributed by atoms with Gasteiger partial charge in [0.2, 0.25) is 5.91 Å². The molecule has 8 heteroatoms. The summed E-state index contributed by atoms with van der Waals surface area (Å²) >= 11 is 0. The summed E-state index contributed by atoms with van der Waals surface area (Å²) < 4.78 is 29.6. The normalized spacial score (nSPS) is 18.1. The van der Waals surface area contributed by atoms with Crippen molar-refractivity contribution in [2.45, 2.75) is 36.7 Å². The van der Waals surface area contributed by atoms with Gasteiger partial charge in [0.05, 0.1) is 29.4 Å². The summed E-state index contributed by atoms with van der Waals surface area (Å²) in [6.45, 7) is 0.436. The van der Waals surface area contributed by atoms with Crippen LogP contribution >= 0.6 is 0 Å². The van der Waals surface area contributed by atoms with E-state index in [0.717, 1.165) is 35.9 Å². The van der Waals surface area contributed by atoms with Crippen LogP contribution in [0.1, 0.15) is 35.7 Å². The molecule has 0 fully saturated rings. The second-order valence-electron chi connectivity index (χ2n) is 8.85. The van der Waals surface area contributed by atoms with Crippen molar-refractivity contribution in [1.82, 2.24) is 15.1 Å². The molecular weight excluding hydrogens is 448 g/mol. The number of hydrogen-bond donors (Lipinski definition) is 1. The minimum Gasteiger partial charge on any atom is -0.348 e. The molecule has 0 saturated carbocycles. The summed E-state index contributed by atoms with van der Waals surface area (Å²) in [6, 6.07) is 20.7. The number of benzene rings is 3. The number of carbonyl (C=O) groups is 1. The smallest absolute Gasteiger partial charge is 0.265 e. The lowest BCUT2D eigenvalue weighted by molar-refractivity contribution is -0.120. The minimum absolute atomic E-state index is 0.177. The first kappa shape index (κ1) is 20.9. The van der Waals surface area contributed by atoms with Gasteiger partial charge in [0, 0.05) is 16.6 Å². The third-order valence-corrected chi connectivity index (χ3v) is 8.54. The average molecular weight is 473 g/mol. The van der Waals surface area contributed by atoms with Crippen LogP contribution in [0.4, 0.5) is 5.69 Å². The van der Waals surface area contributed by atoms with E-state index in [2.05, 4.69) is 22.5 Å². The van der Waals surface area contributed by atoms with Crippen molar-refractivity contribution in [1.29, 1.82) is 0 Å². The lowest BCUT2D eigenvalue weighted by Gasteiger charge is -2.26. The molecule has 1 unspecified atom stereocenters. The van der Waals surface area contributed by atoms with Crippen molar-refractivity contribution >= 4 is 32.4 Å². The quantitative estimate of drug-likeness (QED) is 0.479. The van der Waals surface area contributed by atoms with E-state index in [1.807, 2.05) is 47.3 Å². The molecule has 6 rings (SSSR count). The molecule has 1 aromatic heterocycles. The Kier molecular flexibility index (Phi) is 4.91. The van der Waals surface area contributed by atoms with Crippen molar-refractivity contribution in [2.75, 3.05) is 10.8 Å². The topological polar surface area (TPSA) is 84.3 Å². The number of hydrogen-bond acceptors (Lipinski definition) is 4. The van der Waals surface area contributed by atoms with E-state index in [9.17, 15) is 13.2 Å². The Morgan fingerprint density at radius 3 is 2.65 bits per heavy atom. The van der Waals surface area contributed by atoms with Crippen LogP contribution in [0, 0.1) is 0 Å². The SMILES string of the molecule is O=C(CN1c2cccc3cccc(c23)S1(=O)=O)NC1CCCc2c1cnn2Cc1ccccc1. The van der Waals surface area contributed by atoms with Crippen LogP contribution in [0.5, 0.6) is 0 Å². The first-order valence-electron chi connectivity index (χ1n) is 11.4. The molecule has 1 aliphatic heterocycles. The van der Waals surface area contributed by atoms with Gasteiger partial charge in [-0.25, -0.2) is 8.42 Å². The molecule has 0 saturated heterocycles. The summed E-state index contributed by atoms with van der Waals surface area (Å²) in [5.74, 6) is -0.318. The van der Waals surface area contributed by atoms with Crippen LogP contribution in [0.25, 0.3) is 10.8 Å². The number of aromatic nitrogens is 2. The predicted octanol–water partition coefficient (Wildman–Crippen LogP) is 3.79. The fourth-order valence-corrected chi connectivity index (χ4v) is 6.83. The maximum absolute atomic E-state index is 13.2. The summed E-state index contributed by atoms with van der Waals surface area (Å²) in [5.41, 5.74) is 3.88. The Bertz CT molecular complexity index is 1510. The van der Waals surface area contributed by atoms with E-state index in [4.69, 9.17) is 0 Å². The van der Waals surface area contributed by atoms with Gasteiger partial charge in [-0.2, -0.15) is 5.10 Å². The highest BCUT2D eigenvalue weighted by molar-refractivity contribution is 7.93. The van der Waals surface area contributed by atoms with Gasteiger partial charge in [-0.1, -0.05) is 54.6 Å². The Labute approximate surface area is 198 Å². The van der Waals surface area contributed by atoms with Crippen LogP contribution in [-0.2, 0) is 27.8 Å². The van der Waals surface area contributed by atoms with Crippen molar-refractivity contribution < 1.29 is 13.2 Å². The van der Waals surface area contributed by atoms with Crippen molar-refractivity contribution in [3.63, 3.8) is 0 Å². The van der Waals surface area contributed by atoms with E-state index in [-0.39, 0.29) is 23.4 Å². The van der Waals surface area contributed by atoms with Crippen molar-refractivity contribution in [3.8, 4) is 0 Å². The highest BCUT2D eigenvalue weighted by atomic mass is 32.2. The Morgan fingerprint density at radius 1 is 1.03 bits per heavy atom. The Morgan fingerprint density at radius 2 is 1.82 bits per heavy atom. The molecule has 2 aliphatic rings. The molecule has 34 heavy (non-hydrogen) atoms. The standard InChI is InChI=1S/C26H24N4O3S/c31-25(17-30-23-13-4-9-19-10-5-14-24(26(19)23)34(30,32)33)28-21-11-6-12-22-20(21)15-27-29(22)16-18-7-2-1-3-8-18/h1-5,7-10,13-15,21H,6,11-12,16-17H2,(H,28,31). The lowest BCUT2D eigenvalue weighted by Crippen LogP contribution is -2.41. The molecule has 172 valence electrons. The number of amides is 1. The predicted molar refractivity (Wildman–Crippen MR) is 130 cm³/mol. The summed E-state index contributed by atoms with van der Waals surface area (Å²) in [6.07, 6.45) is 4.49. The van der Waals surface area contributed by atoms with Crippen LogP contribution in [0.2, 0.25) is 0 Å². The Balaban J connectivity index is 1.23. The van der Waals surface area contributed by atoms with E-state index in [1.54, 1.807) is 18.2 Å². The van der Waals surface area contributed by atoms with Gasteiger partial charge in [-0.3, -0.25) is 13.8 Å². The molecule has 1 aliphatic carbocycles. The number of fused-ring (bicyclic) bond motifs is 1. The van der Waals surface area contributed by atoms with E-state index >= 15 is 0 Å². The monoisotopic (exact) mass is 472 g/mol. The van der Waals surface area contributed by atoms with E-state index in [1.165, 1.54) is 9.87 Å². The second-order valence-corrected chi connectivity index (χ2v) is 10.7. The zero-order chi connectivity index (χ0) is 23.3. The number of rotatable bonds is 5. The third-order valence-electron chi connectivity index (χ3n) is 6.74. The fraction of sp³-hybridized carbons (Fsp3) is 0.231. The maximum atomic E-state index is 13.2. The molecule has 1 amide bonds. The van der Waals surface area contributed by atoms with Crippen LogP contribution < -0.4 is 9.62 Å². The summed E-state index contributed by atoms with van der Waals surface area (Å²) in [5, 5.41) is 9.20. The summed E-state index contributed by atoms with van der Waals surface area (Å²) in [7, 11) is -3.77. The van der Waals surface area contributed by atoms with Gasteiger partial charge in [-0.15, -0.1) is 0 Å². The first-order chi connectivity index (χ1) is 16.5. The zero-order valence-corrected chi connectivity index (χ0v) is 19.3. The number of nitrogens with one attached hydrogen (secondary N) is 1. The van der Waals surface area contributed by atoms with Crippen LogP contribution in [-0.4, -0.2) is 30.7 Å². The maximum Gasteiger partial charge on any atom is 0.265 e. The van der Waals surface area contributed by atoms with Gasteiger partial charge in [0.15, 0.2) is 0 Å². The molecule has 7 nitrogen and oxygen atoms in total. The number of nitrogens with zero attached hydrogens (tertiary/aromatic N) is 3. The van der Waals surface area contributed by atoms with Gasteiger partial charge in [0.25, 0.3) is 10.0 Å². The molecule has 0 bridgehead atoms. The van der Waals surface area contributed by atoms with Gasteiger partial charge >= 0.3 is 0 Å². The minimum atomic E-state index is -3.77. The molecule has 0 spiro atoms. The molecule has 4 aromatic rings. The molecule has 1 N–H and O–H groups in total. The van der Waals surface area contributed by atoms with E-state index < -0.39 is 10.0 Å². The van der Waals surface area contributed by atoms with Gasteiger partial charge < -0.3 is 5.32 Å². The number of carbonyl (C=O) groups excluding carboxylic acids is 1. The largest absolute Gasteiger partial charge is 0.348 e. The third kappa shape index (κ3) is 3.37. The average Bonchev–Trinajstić information content (AvgIpc) is 3.34. The fourth-order valence-electron chi connectivity index (χ4n) is 5.16. The van der Waals surface area contributed by atoms with Gasteiger partial charge in [0.1, 0.15) is 6.54 Å². The second kappa shape index (κ2) is 7.99. The number of sulfonamides is 1.